The van der Waals surface area contributed by atoms with Crippen LogP contribution in [-0.2, 0) is 21.5 Å². The lowest BCUT2D eigenvalue weighted by Crippen LogP contribution is -2.51. The van der Waals surface area contributed by atoms with Gasteiger partial charge in [-0.15, -0.1) is 0 Å². The summed E-state index contributed by atoms with van der Waals surface area (Å²) in [5.41, 5.74) is 0. The molecule has 22 heavy (non-hydrogen) atoms. The van der Waals surface area contributed by atoms with Gasteiger partial charge in [0.05, 0.1) is 19.3 Å². The van der Waals surface area contributed by atoms with Gasteiger partial charge in [-0.1, -0.05) is 0 Å². The molecule has 2 aliphatic rings. The van der Waals surface area contributed by atoms with Crippen LogP contribution in [0.1, 0.15) is 12.8 Å². The minimum Gasteiger partial charge on any atom is -0.391 e. The molecular formula is C13H22N4O4S. The minimum atomic E-state index is -3.56. The molecule has 3 rings (SSSR count). The van der Waals surface area contributed by atoms with Gasteiger partial charge in [-0.05, 0) is 24.8 Å². The predicted molar refractivity (Wildman–Crippen MR) is 79.2 cm³/mol. The number of aromatic nitrogens is 2. The molecule has 1 saturated carbocycles. The summed E-state index contributed by atoms with van der Waals surface area (Å²) in [4.78, 5) is 0. The summed E-state index contributed by atoms with van der Waals surface area (Å²) in [5, 5.41) is 14.3. The van der Waals surface area contributed by atoms with Crippen LogP contribution < -0.4 is 4.72 Å². The number of ether oxygens (including phenoxy) is 1. The van der Waals surface area contributed by atoms with Crippen LogP contribution in [0.5, 0.6) is 0 Å². The number of aliphatic hydroxyl groups excluding tert-OH is 1. The van der Waals surface area contributed by atoms with Crippen LogP contribution in [0.25, 0.3) is 0 Å². The van der Waals surface area contributed by atoms with Crippen LogP contribution in [0, 0.1) is 5.92 Å². The maximum Gasteiger partial charge on any atom is 0.279 e. The maximum atomic E-state index is 12.3. The zero-order valence-electron chi connectivity index (χ0n) is 12.3. The molecule has 2 N–H and O–H groups in total. The zero-order chi connectivity index (χ0) is 15.6. The van der Waals surface area contributed by atoms with E-state index in [4.69, 9.17) is 4.74 Å². The second-order valence-corrected chi connectivity index (χ2v) is 7.58. The van der Waals surface area contributed by atoms with Gasteiger partial charge < -0.3 is 9.84 Å². The Morgan fingerprint density at radius 3 is 2.77 bits per heavy atom. The molecule has 9 heteroatoms. The topological polar surface area (TPSA) is 96.7 Å². The monoisotopic (exact) mass is 330 g/mol. The van der Waals surface area contributed by atoms with E-state index in [-0.39, 0.29) is 5.92 Å². The second-order valence-electron chi connectivity index (χ2n) is 5.87. The summed E-state index contributed by atoms with van der Waals surface area (Å²) in [5.74, 6) is 0.215. The maximum absolute atomic E-state index is 12.3. The van der Waals surface area contributed by atoms with Crippen molar-refractivity contribution in [2.24, 2.45) is 5.92 Å². The van der Waals surface area contributed by atoms with Crippen molar-refractivity contribution < 1.29 is 18.3 Å². The molecule has 1 aliphatic heterocycles. The van der Waals surface area contributed by atoms with Gasteiger partial charge in [0.15, 0.2) is 0 Å². The van der Waals surface area contributed by atoms with Crippen molar-refractivity contribution >= 4 is 10.2 Å². The van der Waals surface area contributed by atoms with Crippen LogP contribution in [0.15, 0.2) is 18.5 Å². The molecule has 1 unspecified atom stereocenters. The first-order chi connectivity index (χ1) is 10.5. The van der Waals surface area contributed by atoms with Crippen molar-refractivity contribution in [2.45, 2.75) is 31.5 Å². The quantitative estimate of drug-likeness (QED) is 0.736. The first-order valence-electron chi connectivity index (χ1n) is 7.55. The van der Waals surface area contributed by atoms with Gasteiger partial charge in [0.25, 0.3) is 10.2 Å². The summed E-state index contributed by atoms with van der Waals surface area (Å²) in [6.45, 7) is 2.23. The lowest BCUT2D eigenvalue weighted by Gasteiger charge is -2.28. The lowest BCUT2D eigenvalue weighted by atomic mass is 10.1. The molecule has 1 aromatic heterocycles. The van der Waals surface area contributed by atoms with Gasteiger partial charge >= 0.3 is 0 Å². The molecule has 0 radical (unpaired) electrons. The Bertz CT molecular complexity index is 571. The fourth-order valence-corrected chi connectivity index (χ4v) is 4.53. The summed E-state index contributed by atoms with van der Waals surface area (Å²) in [6, 6.07) is 1.41. The molecule has 0 bridgehead atoms. The van der Waals surface area contributed by atoms with E-state index in [1.165, 1.54) is 4.31 Å². The van der Waals surface area contributed by atoms with E-state index >= 15 is 0 Å². The molecule has 1 saturated heterocycles. The Labute approximate surface area is 130 Å². The van der Waals surface area contributed by atoms with Crippen LogP contribution in [0.3, 0.4) is 0 Å². The fraction of sp³-hybridized carbons (Fsp3) is 0.769. The van der Waals surface area contributed by atoms with Gasteiger partial charge in [-0.3, -0.25) is 4.68 Å². The number of rotatable bonds is 5. The first-order valence-corrected chi connectivity index (χ1v) is 8.99. The molecule has 1 aromatic rings. The highest BCUT2D eigenvalue weighted by atomic mass is 32.2. The summed E-state index contributed by atoms with van der Waals surface area (Å²) >= 11 is 0. The van der Waals surface area contributed by atoms with Crippen molar-refractivity contribution in [1.82, 2.24) is 18.8 Å². The Kier molecular flexibility index (Phi) is 4.79. The van der Waals surface area contributed by atoms with Gasteiger partial charge in [-0.25, -0.2) is 0 Å². The van der Waals surface area contributed by atoms with Gasteiger partial charge in [0.2, 0.25) is 0 Å². The Balaban J connectivity index is 1.58. The Morgan fingerprint density at radius 1 is 1.32 bits per heavy atom. The zero-order valence-corrected chi connectivity index (χ0v) is 13.2. The number of nitrogens with one attached hydrogen (secondary N) is 1. The third-order valence-electron chi connectivity index (χ3n) is 4.24. The fourth-order valence-electron chi connectivity index (χ4n) is 3.12. The third kappa shape index (κ3) is 3.66. The van der Waals surface area contributed by atoms with Crippen LogP contribution in [-0.4, -0.2) is 66.1 Å². The number of morpholine rings is 1. The van der Waals surface area contributed by atoms with Gasteiger partial charge in [-0.2, -0.15) is 22.5 Å². The SMILES string of the molecule is O=S(=O)(N[C@@H]1CC(Cn2cccn2)C[C@H]1O)N1CCOCC1. The van der Waals surface area contributed by atoms with E-state index < -0.39 is 22.4 Å². The third-order valence-corrected chi connectivity index (χ3v) is 5.89. The Morgan fingerprint density at radius 2 is 2.09 bits per heavy atom. The predicted octanol–water partition coefficient (Wildman–Crippen LogP) is -0.811. The van der Waals surface area contributed by atoms with E-state index in [0.717, 1.165) is 0 Å². The van der Waals surface area contributed by atoms with Crippen molar-refractivity contribution in [3.05, 3.63) is 18.5 Å². The molecule has 2 heterocycles. The van der Waals surface area contributed by atoms with Crippen molar-refractivity contribution in [2.75, 3.05) is 26.3 Å². The first kappa shape index (κ1) is 15.9. The molecule has 3 atom stereocenters. The normalized spacial score (nSPS) is 30.7. The molecule has 0 amide bonds. The molecule has 124 valence electrons. The Hall–Kier alpha value is -1.00. The van der Waals surface area contributed by atoms with Crippen molar-refractivity contribution in [3.8, 4) is 0 Å². The molecule has 0 aromatic carbocycles. The van der Waals surface area contributed by atoms with Crippen molar-refractivity contribution in [1.29, 1.82) is 0 Å². The number of hydrogen-bond donors (Lipinski definition) is 2. The van der Waals surface area contributed by atoms with E-state index in [0.29, 0.717) is 45.7 Å². The van der Waals surface area contributed by atoms with Gasteiger partial charge in [0, 0.05) is 38.1 Å². The molecular weight excluding hydrogens is 308 g/mol. The average molecular weight is 330 g/mol. The van der Waals surface area contributed by atoms with Gasteiger partial charge in [0.1, 0.15) is 0 Å². The summed E-state index contributed by atoms with van der Waals surface area (Å²) in [7, 11) is -3.56. The number of nitrogens with zero attached hydrogens (tertiary/aromatic N) is 3. The molecule has 0 spiro atoms. The minimum absolute atomic E-state index is 0.215. The largest absolute Gasteiger partial charge is 0.391 e. The van der Waals surface area contributed by atoms with Crippen molar-refractivity contribution in [3.63, 3.8) is 0 Å². The van der Waals surface area contributed by atoms with E-state index in [2.05, 4.69) is 9.82 Å². The molecule has 1 aliphatic carbocycles. The summed E-state index contributed by atoms with van der Waals surface area (Å²) in [6.07, 6.45) is 4.12. The van der Waals surface area contributed by atoms with E-state index in [1.807, 2.05) is 16.9 Å². The highest BCUT2D eigenvalue weighted by molar-refractivity contribution is 7.87. The molecule has 8 nitrogen and oxygen atoms in total. The second kappa shape index (κ2) is 6.63. The number of aliphatic hydroxyl groups is 1. The highest BCUT2D eigenvalue weighted by Gasteiger charge is 2.37. The standard InChI is InChI=1S/C13H22N4O4S/c18-13-9-11(10-16-3-1-2-14-16)8-12(13)15-22(19,20)17-4-6-21-7-5-17/h1-3,11-13,15,18H,4-10H2/t11?,12-,13-/m1/s1. The highest BCUT2D eigenvalue weighted by Crippen LogP contribution is 2.28. The van der Waals surface area contributed by atoms with Crippen LogP contribution in [0.4, 0.5) is 0 Å². The lowest BCUT2D eigenvalue weighted by molar-refractivity contribution is 0.0717. The van der Waals surface area contributed by atoms with E-state index in [1.54, 1.807) is 6.20 Å². The average Bonchev–Trinajstić information content (AvgIpc) is 3.11. The van der Waals surface area contributed by atoms with Crippen LogP contribution in [0.2, 0.25) is 0 Å². The number of hydrogen-bond acceptors (Lipinski definition) is 5. The van der Waals surface area contributed by atoms with Crippen LogP contribution >= 0.6 is 0 Å². The summed E-state index contributed by atoms with van der Waals surface area (Å²) < 4.78 is 35.7. The molecule has 2 fully saturated rings. The van der Waals surface area contributed by atoms with E-state index in [9.17, 15) is 13.5 Å². The smallest absolute Gasteiger partial charge is 0.279 e.